The van der Waals surface area contributed by atoms with Gasteiger partial charge in [0.25, 0.3) is 0 Å². The molecule has 3 N–H and O–H groups in total. The number of carboxylic acid groups (broad SMARTS) is 1. The molecule has 29 heavy (non-hydrogen) atoms. The summed E-state index contributed by atoms with van der Waals surface area (Å²) in [7, 11) is 0. The number of para-hydroxylation sites is 1. The van der Waals surface area contributed by atoms with Crippen LogP contribution in [-0.4, -0.2) is 27.9 Å². The Morgan fingerprint density at radius 2 is 1.66 bits per heavy atom. The van der Waals surface area contributed by atoms with Crippen LogP contribution in [0.2, 0.25) is 0 Å². The van der Waals surface area contributed by atoms with Crippen LogP contribution in [0.1, 0.15) is 36.8 Å². The molecule has 0 saturated heterocycles. The number of rotatable bonds is 10. The van der Waals surface area contributed by atoms with E-state index in [1.54, 1.807) is 6.07 Å². The lowest BCUT2D eigenvalue weighted by atomic mass is 10.0. The predicted molar refractivity (Wildman–Crippen MR) is 113 cm³/mol. The van der Waals surface area contributed by atoms with E-state index in [1.165, 1.54) is 6.07 Å². The summed E-state index contributed by atoms with van der Waals surface area (Å²) in [6, 6.07) is 16.6. The summed E-state index contributed by atoms with van der Waals surface area (Å²) >= 11 is 0. The standard InChI is InChI=1S/C24H26O5/c25-22-8-5-7-19(24(22)28)6-3-1-2-4-13-29-21-12-11-18-10-9-17(15-23(26)27)14-20(18)16-21/h5,7-12,14,16,25,28H,1-4,6,13,15H2,(H,26,27). The summed E-state index contributed by atoms with van der Waals surface area (Å²) in [5, 5.41) is 30.3. The summed E-state index contributed by atoms with van der Waals surface area (Å²) in [6.45, 7) is 0.623. The summed E-state index contributed by atoms with van der Waals surface area (Å²) in [6.07, 6.45) is 4.68. The molecular weight excluding hydrogens is 368 g/mol. The third-order valence-corrected chi connectivity index (χ3v) is 4.94. The molecule has 0 amide bonds. The van der Waals surface area contributed by atoms with E-state index in [2.05, 4.69) is 0 Å². The van der Waals surface area contributed by atoms with E-state index in [-0.39, 0.29) is 17.9 Å². The Labute approximate surface area is 170 Å². The molecule has 3 aromatic rings. The average molecular weight is 394 g/mol. The Morgan fingerprint density at radius 1 is 0.862 bits per heavy atom. The van der Waals surface area contributed by atoms with E-state index in [0.717, 1.165) is 59.8 Å². The molecule has 0 aliphatic rings. The van der Waals surface area contributed by atoms with Crippen molar-refractivity contribution in [1.82, 2.24) is 0 Å². The van der Waals surface area contributed by atoms with Gasteiger partial charge in [-0.25, -0.2) is 0 Å². The molecule has 0 radical (unpaired) electrons. The van der Waals surface area contributed by atoms with Gasteiger partial charge < -0.3 is 20.1 Å². The minimum atomic E-state index is -0.837. The molecule has 5 heteroatoms. The minimum absolute atomic E-state index is 0.0151. The van der Waals surface area contributed by atoms with Gasteiger partial charge in [-0.3, -0.25) is 4.79 Å². The number of hydrogen-bond donors (Lipinski definition) is 3. The van der Waals surface area contributed by atoms with E-state index < -0.39 is 5.97 Å². The molecular formula is C24H26O5. The second-order valence-corrected chi connectivity index (χ2v) is 7.21. The maximum atomic E-state index is 10.9. The van der Waals surface area contributed by atoms with Crippen molar-refractivity contribution in [2.75, 3.05) is 6.61 Å². The van der Waals surface area contributed by atoms with Crippen molar-refractivity contribution in [3.05, 3.63) is 65.7 Å². The number of ether oxygens (including phenoxy) is 1. The second-order valence-electron chi connectivity index (χ2n) is 7.21. The molecule has 0 aromatic heterocycles. The molecule has 152 valence electrons. The Bertz CT molecular complexity index is 980. The van der Waals surface area contributed by atoms with Gasteiger partial charge in [-0.1, -0.05) is 49.2 Å². The van der Waals surface area contributed by atoms with Crippen molar-refractivity contribution >= 4 is 16.7 Å². The topological polar surface area (TPSA) is 87.0 Å². The van der Waals surface area contributed by atoms with Crippen LogP contribution >= 0.6 is 0 Å². The molecule has 5 nitrogen and oxygen atoms in total. The first kappa shape index (κ1) is 20.5. The zero-order valence-electron chi connectivity index (χ0n) is 16.3. The van der Waals surface area contributed by atoms with Crippen LogP contribution in [-0.2, 0) is 17.6 Å². The normalized spacial score (nSPS) is 10.9. The van der Waals surface area contributed by atoms with Gasteiger partial charge in [0.2, 0.25) is 0 Å². The van der Waals surface area contributed by atoms with Crippen molar-refractivity contribution in [2.24, 2.45) is 0 Å². The molecule has 0 aliphatic carbocycles. The van der Waals surface area contributed by atoms with Crippen LogP contribution in [0, 0.1) is 0 Å². The van der Waals surface area contributed by atoms with E-state index in [9.17, 15) is 15.0 Å². The number of hydrogen-bond acceptors (Lipinski definition) is 4. The van der Waals surface area contributed by atoms with Crippen LogP contribution in [0.25, 0.3) is 10.8 Å². The number of benzene rings is 3. The summed E-state index contributed by atoms with van der Waals surface area (Å²) in [4.78, 5) is 10.9. The average Bonchev–Trinajstić information content (AvgIpc) is 2.69. The highest BCUT2D eigenvalue weighted by Crippen LogP contribution is 2.29. The van der Waals surface area contributed by atoms with Gasteiger partial charge in [0.05, 0.1) is 13.0 Å². The number of carbonyl (C=O) groups is 1. The molecule has 0 saturated carbocycles. The Morgan fingerprint density at radius 3 is 2.48 bits per heavy atom. The zero-order chi connectivity index (χ0) is 20.6. The number of phenolic OH excluding ortho intramolecular Hbond substituents is 2. The minimum Gasteiger partial charge on any atom is -0.504 e. The highest BCUT2D eigenvalue weighted by Gasteiger charge is 2.06. The van der Waals surface area contributed by atoms with E-state index in [4.69, 9.17) is 9.84 Å². The summed E-state index contributed by atoms with van der Waals surface area (Å²) < 4.78 is 5.85. The largest absolute Gasteiger partial charge is 0.504 e. The van der Waals surface area contributed by atoms with Crippen LogP contribution in [0.5, 0.6) is 17.2 Å². The fraction of sp³-hybridized carbons (Fsp3) is 0.292. The number of aryl methyl sites for hydroxylation is 1. The number of phenols is 2. The van der Waals surface area contributed by atoms with Gasteiger partial charge in [-0.2, -0.15) is 0 Å². The van der Waals surface area contributed by atoms with Crippen LogP contribution in [0.4, 0.5) is 0 Å². The smallest absolute Gasteiger partial charge is 0.307 e. The summed E-state index contributed by atoms with van der Waals surface area (Å²) in [5.74, 6) is -0.134. The van der Waals surface area contributed by atoms with Crippen molar-refractivity contribution in [1.29, 1.82) is 0 Å². The number of unbranched alkanes of at least 4 members (excludes halogenated alkanes) is 3. The lowest BCUT2D eigenvalue weighted by Gasteiger charge is -2.09. The van der Waals surface area contributed by atoms with Gasteiger partial charge >= 0.3 is 5.97 Å². The number of aliphatic carboxylic acids is 1. The first-order chi connectivity index (χ1) is 14.0. The third kappa shape index (κ3) is 5.88. The van der Waals surface area contributed by atoms with Crippen molar-refractivity contribution in [2.45, 2.75) is 38.5 Å². The maximum Gasteiger partial charge on any atom is 0.307 e. The molecule has 0 aliphatic heterocycles. The number of fused-ring (bicyclic) bond motifs is 1. The van der Waals surface area contributed by atoms with Gasteiger partial charge in [-0.15, -0.1) is 0 Å². The Kier molecular flexibility index (Phi) is 6.95. The van der Waals surface area contributed by atoms with Gasteiger partial charge in [0.15, 0.2) is 11.5 Å². The molecule has 0 fully saturated rings. The van der Waals surface area contributed by atoms with Crippen LogP contribution in [0.3, 0.4) is 0 Å². The molecule has 0 unspecified atom stereocenters. The van der Waals surface area contributed by atoms with E-state index in [0.29, 0.717) is 6.61 Å². The van der Waals surface area contributed by atoms with Gasteiger partial charge in [0.1, 0.15) is 5.75 Å². The lowest BCUT2D eigenvalue weighted by molar-refractivity contribution is -0.136. The van der Waals surface area contributed by atoms with E-state index >= 15 is 0 Å². The first-order valence-corrected chi connectivity index (χ1v) is 9.90. The predicted octanol–water partition coefficient (Wildman–Crippen LogP) is 5.06. The highest BCUT2D eigenvalue weighted by atomic mass is 16.5. The molecule has 0 bridgehead atoms. The zero-order valence-corrected chi connectivity index (χ0v) is 16.3. The first-order valence-electron chi connectivity index (χ1n) is 9.90. The van der Waals surface area contributed by atoms with Crippen molar-refractivity contribution in [3.8, 4) is 17.2 Å². The quantitative estimate of drug-likeness (QED) is 0.330. The van der Waals surface area contributed by atoms with Crippen molar-refractivity contribution < 1.29 is 24.9 Å². The molecule has 3 rings (SSSR count). The second kappa shape index (κ2) is 9.82. The van der Waals surface area contributed by atoms with E-state index in [1.807, 2.05) is 42.5 Å². The third-order valence-electron chi connectivity index (χ3n) is 4.94. The highest BCUT2D eigenvalue weighted by molar-refractivity contribution is 5.85. The molecule has 0 atom stereocenters. The molecule has 0 spiro atoms. The Balaban J connectivity index is 1.41. The number of carboxylic acids is 1. The lowest BCUT2D eigenvalue weighted by Crippen LogP contribution is -2.00. The fourth-order valence-electron chi connectivity index (χ4n) is 3.39. The SMILES string of the molecule is O=C(O)Cc1ccc2ccc(OCCCCCCc3cccc(O)c3O)cc2c1. The van der Waals surface area contributed by atoms with Crippen LogP contribution < -0.4 is 4.74 Å². The monoisotopic (exact) mass is 394 g/mol. The fourth-order valence-corrected chi connectivity index (χ4v) is 3.39. The van der Waals surface area contributed by atoms with Gasteiger partial charge in [0, 0.05) is 0 Å². The number of aromatic hydroxyl groups is 2. The van der Waals surface area contributed by atoms with Gasteiger partial charge in [-0.05, 0) is 59.4 Å². The maximum absolute atomic E-state index is 10.9. The molecule has 0 heterocycles. The Hall–Kier alpha value is -3.21. The van der Waals surface area contributed by atoms with Crippen LogP contribution in [0.15, 0.2) is 54.6 Å². The summed E-state index contributed by atoms with van der Waals surface area (Å²) in [5.41, 5.74) is 1.56. The van der Waals surface area contributed by atoms with Crippen molar-refractivity contribution in [3.63, 3.8) is 0 Å². The molecule has 3 aromatic carbocycles.